The van der Waals surface area contributed by atoms with Crippen molar-refractivity contribution in [1.29, 1.82) is 0 Å². The van der Waals surface area contributed by atoms with Crippen molar-refractivity contribution in [1.82, 2.24) is 5.43 Å². The molecule has 0 aromatic heterocycles. The van der Waals surface area contributed by atoms with E-state index in [4.69, 9.17) is 14.2 Å². The van der Waals surface area contributed by atoms with E-state index in [0.717, 1.165) is 0 Å². The van der Waals surface area contributed by atoms with Crippen LogP contribution in [-0.4, -0.2) is 36.7 Å². The SMILES string of the molecule is COc1cc(/C=N\NC(=O)COc2c(C)cc([N+](=O)[O-])cc2C)ccc1OC(C)=O. The second-order valence-corrected chi connectivity index (χ2v) is 6.25. The van der Waals surface area contributed by atoms with Crippen molar-refractivity contribution in [2.45, 2.75) is 20.8 Å². The molecule has 0 radical (unpaired) electrons. The minimum atomic E-state index is -0.507. The molecular weight excluding hydrogens is 394 g/mol. The Kier molecular flexibility index (Phi) is 7.45. The van der Waals surface area contributed by atoms with E-state index in [1.165, 1.54) is 32.4 Å². The van der Waals surface area contributed by atoms with Crippen molar-refractivity contribution < 1.29 is 28.7 Å². The largest absolute Gasteiger partial charge is 0.493 e. The van der Waals surface area contributed by atoms with E-state index in [2.05, 4.69) is 10.5 Å². The van der Waals surface area contributed by atoms with Crippen molar-refractivity contribution >= 4 is 23.8 Å². The van der Waals surface area contributed by atoms with E-state index in [9.17, 15) is 19.7 Å². The molecule has 0 atom stereocenters. The number of non-ortho nitro benzene ring substituents is 1. The molecule has 2 aromatic rings. The Bertz CT molecular complexity index is 979. The molecule has 1 N–H and O–H groups in total. The van der Waals surface area contributed by atoms with Gasteiger partial charge < -0.3 is 14.2 Å². The average Bonchev–Trinajstić information content (AvgIpc) is 2.67. The predicted molar refractivity (Wildman–Crippen MR) is 108 cm³/mol. The number of hydrogen-bond acceptors (Lipinski definition) is 8. The van der Waals surface area contributed by atoms with Crippen LogP contribution in [-0.2, 0) is 9.59 Å². The van der Waals surface area contributed by atoms with Gasteiger partial charge in [-0.25, -0.2) is 5.43 Å². The summed E-state index contributed by atoms with van der Waals surface area (Å²) in [5.41, 5.74) is 4.00. The van der Waals surface area contributed by atoms with E-state index >= 15 is 0 Å². The molecule has 2 rings (SSSR count). The van der Waals surface area contributed by atoms with Crippen LogP contribution >= 0.6 is 0 Å². The Balaban J connectivity index is 1.96. The Morgan fingerprint density at radius 3 is 2.40 bits per heavy atom. The fraction of sp³-hybridized carbons (Fsp3) is 0.250. The van der Waals surface area contributed by atoms with Gasteiger partial charge in [-0.2, -0.15) is 5.10 Å². The summed E-state index contributed by atoms with van der Waals surface area (Å²) in [6, 6.07) is 7.54. The highest BCUT2D eigenvalue weighted by molar-refractivity contribution is 5.84. The van der Waals surface area contributed by atoms with Crippen LogP contribution < -0.4 is 19.6 Å². The lowest BCUT2D eigenvalue weighted by molar-refractivity contribution is -0.385. The fourth-order valence-corrected chi connectivity index (χ4v) is 2.61. The predicted octanol–water partition coefficient (Wildman–Crippen LogP) is 2.67. The molecule has 0 bridgehead atoms. The molecule has 0 spiro atoms. The summed E-state index contributed by atoms with van der Waals surface area (Å²) < 4.78 is 15.7. The number of rotatable bonds is 8. The average molecular weight is 415 g/mol. The molecule has 0 aliphatic rings. The molecule has 0 saturated heterocycles. The highest BCUT2D eigenvalue weighted by Gasteiger charge is 2.14. The first-order valence-corrected chi connectivity index (χ1v) is 8.78. The van der Waals surface area contributed by atoms with Gasteiger partial charge in [0.1, 0.15) is 5.75 Å². The lowest BCUT2D eigenvalue weighted by Gasteiger charge is -2.11. The van der Waals surface area contributed by atoms with Gasteiger partial charge in [0, 0.05) is 19.1 Å². The molecule has 0 aliphatic carbocycles. The van der Waals surface area contributed by atoms with Crippen LogP contribution in [0.25, 0.3) is 0 Å². The van der Waals surface area contributed by atoms with Gasteiger partial charge in [-0.3, -0.25) is 19.7 Å². The van der Waals surface area contributed by atoms with Gasteiger partial charge in [0.25, 0.3) is 11.6 Å². The number of hydrazone groups is 1. The standard InChI is InChI=1S/C20H21N3O7/c1-12-7-16(23(26)27)8-13(2)20(12)29-11-19(25)22-21-10-15-5-6-17(30-14(3)24)18(9-15)28-4/h5-10H,11H2,1-4H3,(H,22,25)/b21-10-. The summed E-state index contributed by atoms with van der Waals surface area (Å²) in [7, 11) is 1.44. The summed E-state index contributed by atoms with van der Waals surface area (Å²) in [6.07, 6.45) is 1.39. The van der Waals surface area contributed by atoms with Crippen LogP contribution in [0.3, 0.4) is 0 Å². The number of benzene rings is 2. The number of nitrogens with zero attached hydrogens (tertiary/aromatic N) is 2. The minimum Gasteiger partial charge on any atom is -0.493 e. The number of ether oxygens (including phenoxy) is 3. The third-order valence-electron chi connectivity index (χ3n) is 3.85. The Morgan fingerprint density at radius 2 is 1.83 bits per heavy atom. The van der Waals surface area contributed by atoms with E-state index in [0.29, 0.717) is 28.2 Å². The van der Waals surface area contributed by atoms with E-state index in [-0.39, 0.29) is 18.0 Å². The van der Waals surface area contributed by atoms with Gasteiger partial charge in [0.05, 0.1) is 18.2 Å². The molecule has 10 nitrogen and oxygen atoms in total. The third kappa shape index (κ3) is 6.03. The van der Waals surface area contributed by atoms with Crippen molar-refractivity contribution in [3.63, 3.8) is 0 Å². The number of nitro benzene ring substituents is 1. The van der Waals surface area contributed by atoms with Gasteiger partial charge in [-0.1, -0.05) is 0 Å². The monoisotopic (exact) mass is 415 g/mol. The molecule has 0 heterocycles. The number of amides is 1. The molecule has 0 unspecified atom stereocenters. The van der Waals surface area contributed by atoms with Crippen molar-refractivity contribution in [3.8, 4) is 17.2 Å². The van der Waals surface area contributed by atoms with Gasteiger partial charge in [0.2, 0.25) is 0 Å². The number of carbonyl (C=O) groups excluding carboxylic acids is 2. The van der Waals surface area contributed by atoms with Crippen LogP contribution in [0.15, 0.2) is 35.4 Å². The summed E-state index contributed by atoms with van der Waals surface area (Å²) in [5.74, 6) is 0.0410. The minimum absolute atomic E-state index is 0.0402. The number of nitrogens with one attached hydrogen (secondary N) is 1. The quantitative estimate of drug-likeness (QED) is 0.231. The Hall–Kier alpha value is -3.95. The maximum atomic E-state index is 12.0. The lowest BCUT2D eigenvalue weighted by Crippen LogP contribution is -2.25. The van der Waals surface area contributed by atoms with Crippen LogP contribution in [0, 0.1) is 24.0 Å². The maximum Gasteiger partial charge on any atom is 0.308 e. The van der Waals surface area contributed by atoms with Crippen LogP contribution in [0.5, 0.6) is 17.2 Å². The highest BCUT2D eigenvalue weighted by atomic mass is 16.6. The molecule has 158 valence electrons. The fourth-order valence-electron chi connectivity index (χ4n) is 2.61. The smallest absolute Gasteiger partial charge is 0.308 e. The normalized spacial score (nSPS) is 10.5. The number of carbonyl (C=O) groups is 2. The van der Waals surface area contributed by atoms with Gasteiger partial charge in [0.15, 0.2) is 18.1 Å². The zero-order valence-electron chi connectivity index (χ0n) is 16.9. The number of hydrogen-bond donors (Lipinski definition) is 1. The summed E-state index contributed by atoms with van der Waals surface area (Å²) in [4.78, 5) is 33.4. The van der Waals surface area contributed by atoms with E-state index in [1.807, 2.05) is 0 Å². The number of esters is 1. The molecule has 10 heteroatoms. The second-order valence-electron chi connectivity index (χ2n) is 6.25. The zero-order chi connectivity index (χ0) is 22.3. The van der Waals surface area contributed by atoms with Gasteiger partial charge >= 0.3 is 5.97 Å². The number of nitro groups is 1. The molecule has 1 amide bonds. The van der Waals surface area contributed by atoms with Gasteiger partial charge in [-0.05, 0) is 48.7 Å². The molecule has 0 aliphatic heterocycles. The summed E-state index contributed by atoms with van der Waals surface area (Å²) >= 11 is 0. The maximum absolute atomic E-state index is 12.0. The zero-order valence-corrected chi connectivity index (χ0v) is 16.9. The van der Waals surface area contributed by atoms with E-state index in [1.54, 1.807) is 32.0 Å². The van der Waals surface area contributed by atoms with Crippen molar-refractivity contribution in [2.24, 2.45) is 5.10 Å². The van der Waals surface area contributed by atoms with Crippen LogP contribution in [0.2, 0.25) is 0 Å². The first kappa shape index (κ1) is 22.3. The second kappa shape index (κ2) is 10.0. The number of methoxy groups -OCH3 is 1. The number of aryl methyl sites for hydroxylation is 2. The first-order chi connectivity index (χ1) is 14.2. The Labute approximate surface area is 172 Å². The molecular formula is C20H21N3O7. The molecule has 30 heavy (non-hydrogen) atoms. The van der Waals surface area contributed by atoms with Crippen molar-refractivity contribution in [2.75, 3.05) is 13.7 Å². The van der Waals surface area contributed by atoms with E-state index < -0.39 is 16.8 Å². The third-order valence-corrected chi connectivity index (χ3v) is 3.85. The molecule has 2 aromatic carbocycles. The van der Waals surface area contributed by atoms with Crippen molar-refractivity contribution in [3.05, 3.63) is 57.1 Å². The topological polar surface area (TPSA) is 129 Å². The lowest BCUT2D eigenvalue weighted by atomic mass is 10.1. The van der Waals surface area contributed by atoms with Gasteiger partial charge in [-0.15, -0.1) is 0 Å². The van der Waals surface area contributed by atoms with Crippen LogP contribution in [0.4, 0.5) is 5.69 Å². The first-order valence-electron chi connectivity index (χ1n) is 8.78. The molecule has 0 fully saturated rings. The highest BCUT2D eigenvalue weighted by Crippen LogP contribution is 2.28. The summed E-state index contributed by atoms with van der Waals surface area (Å²) in [6.45, 7) is 4.30. The molecule has 0 saturated carbocycles. The Morgan fingerprint density at radius 1 is 1.17 bits per heavy atom. The van der Waals surface area contributed by atoms with Crippen LogP contribution in [0.1, 0.15) is 23.6 Å². The summed E-state index contributed by atoms with van der Waals surface area (Å²) in [5, 5.41) is 14.7.